The van der Waals surface area contributed by atoms with Crippen molar-refractivity contribution in [3.63, 3.8) is 0 Å². The summed E-state index contributed by atoms with van der Waals surface area (Å²) < 4.78 is 0. The number of hydrogen-bond donors (Lipinski definition) is 3. The average molecular weight is 277 g/mol. The van der Waals surface area contributed by atoms with E-state index in [9.17, 15) is 19.8 Å². The fourth-order valence-electron chi connectivity index (χ4n) is 2.76. The molecule has 1 aromatic carbocycles. The minimum Gasteiger partial charge on any atom is -0.508 e. The predicted molar refractivity (Wildman–Crippen MR) is 73.7 cm³/mol. The number of nitrogens with one attached hydrogen (secondary N) is 1. The molecule has 1 aromatic rings. The van der Waals surface area contributed by atoms with Gasteiger partial charge in [0, 0.05) is 17.2 Å². The summed E-state index contributed by atoms with van der Waals surface area (Å²) in [6, 6.07) is 4.36. The first-order valence-corrected chi connectivity index (χ1v) is 6.69. The fourth-order valence-corrected chi connectivity index (χ4v) is 2.76. The third-order valence-corrected chi connectivity index (χ3v) is 4.30. The second-order valence-electron chi connectivity index (χ2n) is 5.59. The normalized spacial score (nSPS) is 25.4. The molecule has 3 N–H and O–H groups in total. The van der Waals surface area contributed by atoms with Crippen molar-refractivity contribution >= 4 is 11.9 Å². The maximum absolute atomic E-state index is 12.3. The third-order valence-electron chi connectivity index (χ3n) is 4.30. The molecule has 5 nitrogen and oxygen atoms in total. The molecule has 0 spiro atoms. The first-order valence-electron chi connectivity index (χ1n) is 6.69. The van der Waals surface area contributed by atoms with Gasteiger partial charge in [-0.2, -0.15) is 0 Å². The van der Waals surface area contributed by atoms with Gasteiger partial charge in [0.2, 0.25) is 0 Å². The molecule has 1 fully saturated rings. The van der Waals surface area contributed by atoms with Crippen LogP contribution in [0.4, 0.5) is 0 Å². The van der Waals surface area contributed by atoms with Crippen LogP contribution in [0.2, 0.25) is 0 Å². The van der Waals surface area contributed by atoms with Gasteiger partial charge < -0.3 is 15.5 Å². The monoisotopic (exact) mass is 277 g/mol. The molecule has 0 bridgehead atoms. The lowest BCUT2D eigenvalue weighted by atomic mass is 9.84. The van der Waals surface area contributed by atoms with Crippen molar-refractivity contribution in [2.24, 2.45) is 5.41 Å². The van der Waals surface area contributed by atoms with Crippen LogP contribution in [0.3, 0.4) is 0 Å². The Kier molecular flexibility index (Phi) is 3.70. The van der Waals surface area contributed by atoms with E-state index in [1.165, 1.54) is 6.07 Å². The number of aliphatic carboxylic acids is 1. The van der Waals surface area contributed by atoms with Crippen molar-refractivity contribution < 1.29 is 19.8 Å². The van der Waals surface area contributed by atoms with E-state index in [1.807, 2.05) is 0 Å². The zero-order valence-electron chi connectivity index (χ0n) is 11.6. The molecule has 2 rings (SSSR count). The summed E-state index contributed by atoms with van der Waals surface area (Å²) in [5.41, 5.74) is -0.0370. The molecule has 1 aliphatic carbocycles. The van der Waals surface area contributed by atoms with Crippen LogP contribution in [0.1, 0.15) is 42.1 Å². The molecule has 20 heavy (non-hydrogen) atoms. The van der Waals surface area contributed by atoms with Gasteiger partial charge in [0.1, 0.15) is 5.75 Å². The van der Waals surface area contributed by atoms with E-state index in [2.05, 4.69) is 5.32 Å². The Balaban J connectivity index is 2.20. The Morgan fingerprint density at radius 2 is 2.10 bits per heavy atom. The van der Waals surface area contributed by atoms with Crippen LogP contribution < -0.4 is 5.32 Å². The zero-order valence-corrected chi connectivity index (χ0v) is 11.6. The number of carboxylic acid groups (broad SMARTS) is 1. The van der Waals surface area contributed by atoms with Gasteiger partial charge in [0.05, 0.1) is 5.41 Å². The Labute approximate surface area is 117 Å². The average Bonchev–Trinajstić information content (AvgIpc) is 2.75. The van der Waals surface area contributed by atoms with E-state index in [4.69, 9.17) is 0 Å². The number of phenols is 1. The van der Waals surface area contributed by atoms with E-state index >= 15 is 0 Å². The van der Waals surface area contributed by atoms with Gasteiger partial charge in [-0.05, 0) is 38.8 Å². The van der Waals surface area contributed by atoms with Crippen molar-refractivity contribution in [3.05, 3.63) is 29.3 Å². The molecule has 1 aliphatic rings. The molecule has 2 atom stereocenters. The number of rotatable bonds is 3. The van der Waals surface area contributed by atoms with Gasteiger partial charge in [0.25, 0.3) is 5.91 Å². The van der Waals surface area contributed by atoms with Gasteiger partial charge in [-0.25, -0.2) is 0 Å². The van der Waals surface area contributed by atoms with Crippen molar-refractivity contribution in [1.82, 2.24) is 5.32 Å². The minimum absolute atomic E-state index is 0.0602. The number of carbonyl (C=O) groups excluding carboxylic acids is 1. The van der Waals surface area contributed by atoms with Crippen LogP contribution >= 0.6 is 0 Å². The summed E-state index contributed by atoms with van der Waals surface area (Å²) in [5.74, 6) is -1.16. The SMILES string of the molecule is Cc1c(O)cccc1C(=O)NC1CCCC1(C)C(=O)O. The van der Waals surface area contributed by atoms with Crippen molar-refractivity contribution in [1.29, 1.82) is 0 Å². The molecule has 0 aromatic heterocycles. The van der Waals surface area contributed by atoms with Gasteiger partial charge in [-0.1, -0.05) is 12.5 Å². The topological polar surface area (TPSA) is 86.6 Å². The molecular weight excluding hydrogens is 258 g/mol. The maximum Gasteiger partial charge on any atom is 0.311 e. The van der Waals surface area contributed by atoms with E-state index in [-0.39, 0.29) is 17.7 Å². The van der Waals surface area contributed by atoms with E-state index in [0.29, 0.717) is 24.0 Å². The predicted octanol–water partition coefficient (Wildman–Crippen LogP) is 2.07. The van der Waals surface area contributed by atoms with Gasteiger partial charge in [0.15, 0.2) is 0 Å². The Hall–Kier alpha value is -2.04. The van der Waals surface area contributed by atoms with Gasteiger partial charge in [-0.3, -0.25) is 9.59 Å². The highest BCUT2D eigenvalue weighted by Gasteiger charge is 2.46. The number of phenolic OH excluding ortho intramolecular Hbond substituents is 1. The highest BCUT2D eigenvalue weighted by molar-refractivity contribution is 5.96. The number of benzene rings is 1. The summed E-state index contributed by atoms with van der Waals surface area (Å²) in [5, 5.41) is 21.8. The summed E-state index contributed by atoms with van der Waals surface area (Å²) >= 11 is 0. The highest BCUT2D eigenvalue weighted by atomic mass is 16.4. The van der Waals surface area contributed by atoms with Crippen LogP contribution in [-0.4, -0.2) is 28.1 Å². The number of aromatic hydroxyl groups is 1. The van der Waals surface area contributed by atoms with Crippen LogP contribution in [0, 0.1) is 12.3 Å². The van der Waals surface area contributed by atoms with Crippen LogP contribution in [-0.2, 0) is 4.79 Å². The minimum atomic E-state index is -0.916. The molecule has 0 aliphatic heterocycles. The van der Waals surface area contributed by atoms with Crippen LogP contribution in [0.25, 0.3) is 0 Å². The van der Waals surface area contributed by atoms with Gasteiger partial charge in [-0.15, -0.1) is 0 Å². The van der Waals surface area contributed by atoms with E-state index < -0.39 is 11.4 Å². The highest BCUT2D eigenvalue weighted by Crippen LogP contribution is 2.38. The third kappa shape index (κ3) is 2.35. The summed E-state index contributed by atoms with van der Waals surface area (Å²) in [6.45, 7) is 3.33. The molecule has 0 saturated heterocycles. The quantitative estimate of drug-likeness (QED) is 0.789. The maximum atomic E-state index is 12.3. The Morgan fingerprint density at radius 1 is 1.40 bits per heavy atom. The Morgan fingerprint density at radius 3 is 2.75 bits per heavy atom. The lowest BCUT2D eigenvalue weighted by molar-refractivity contribution is -0.148. The lowest BCUT2D eigenvalue weighted by Gasteiger charge is -2.28. The molecular formula is C15H19NO4. The van der Waals surface area contributed by atoms with Crippen molar-refractivity contribution in [2.45, 2.75) is 39.2 Å². The zero-order chi connectivity index (χ0) is 14.9. The standard InChI is InChI=1S/C15H19NO4/c1-9-10(5-3-6-11(9)17)13(18)16-12-7-4-8-15(12,2)14(19)20/h3,5-6,12,17H,4,7-8H2,1-2H3,(H,16,18)(H,19,20). The fraction of sp³-hybridized carbons (Fsp3) is 0.467. The van der Waals surface area contributed by atoms with E-state index in [1.54, 1.807) is 26.0 Å². The van der Waals surface area contributed by atoms with Crippen LogP contribution in [0.5, 0.6) is 5.75 Å². The van der Waals surface area contributed by atoms with Crippen LogP contribution in [0.15, 0.2) is 18.2 Å². The summed E-state index contributed by atoms with van der Waals surface area (Å²) in [4.78, 5) is 23.7. The number of amides is 1. The largest absolute Gasteiger partial charge is 0.508 e. The van der Waals surface area contributed by atoms with Gasteiger partial charge >= 0.3 is 5.97 Å². The number of carboxylic acids is 1. The number of hydrogen-bond acceptors (Lipinski definition) is 3. The molecule has 1 saturated carbocycles. The summed E-state index contributed by atoms with van der Waals surface area (Å²) in [7, 11) is 0. The lowest BCUT2D eigenvalue weighted by Crippen LogP contribution is -2.47. The molecule has 1 amide bonds. The molecule has 0 heterocycles. The molecule has 0 radical (unpaired) electrons. The first kappa shape index (κ1) is 14.4. The summed E-state index contributed by atoms with van der Waals surface area (Å²) in [6.07, 6.45) is 2.01. The number of carbonyl (C=O) groups is 2. The Bertz CT molecular complexity index is 555. The second kappa shape index (κ2) is 5.15. The first-order chi connectivity index (χ1) is 9.36. The smallest absolute Gasteiger partial charge is 0.311 e. The van der Waals surface area contributed by atoms with Crippen molar-refractivity contribution in [3.8, 4) is 5.75 Å². The second-order valence-corrected chi connectivity index (χ2v) is 5.59. The van der Waals surface area contributed by atoms with Crippen molar-refractivity contribution in [2.75, 3.05) is 0 Å². The molecule has 2 unspecified atom stereocenters. The van der Waals surface area contributed by atoms with E-state index in [0.717, 1.165) is 6.42 Å². The molecule has 5 heteroatoms. The molecule has 108 valence electrons.